The van der Waals surface area contributed by atoms with E-state index in [4.69, 9.17) is 10.8 Å². The van der Waals surface area contributed by atoms with Gasteiger partial charge in [0.1, 0.15) is 0 Å². The van der Waals surface area contributed by atoms with Crippen LogP contribution in [0.1, 0.15) is 13.8 Å². The maximum absolute atomic E-state index is 9.63. The van der Waals surface area contributed by atoms with E-state index >= 15 is 0 Å². The van der Waals surface area contributed by atoms with E-state index in [1.807, 2.05) is 62.6 Å². The molecule has 0 radical (unpaired) electrons. The Morgan fingerprint density at radius 1 is 0.795 bits per heavy atom. The topological polar surface area (TPSA) is 173 Å². The molecule has 39 heavy (non-hydrogen) atoms. The number of carbonyl (C=O) groups excluding carboxylic acids is 3. The van der Waals surface area contributed by atoms with Gasteiger partial charge in [-0.15, -0.1) is 0 Å². The standard InChI is InChI=1S/C8H11N.C6H15NO.C6H7N.C4H12N.C4H4O6/c1-9(2)8-6-4-3-5-7-8;1-3-7(4-2)5-6-8;7-6-4-2-1-3-5-6;1-5(2,3)4;5-2(6)1(3(7)8)4(9)10/h3-7H,1-2H3;8H,3-6H2,1-2H3;1-5H,7H2;1-4H3;1H,(H,5,6)(H,7,8)(H,9,10)/q;;;+1;/p-3. The number of benzene rings is 2. The second-order valence-electron chi connectivity index (χ2n) is 9.46. The van der Waals surface area contributed by atoms with Crippen LogP contribution in [0.4, 0.5) is 11.4 Å². The van der Waals surface area contributed by atoms with Gasteiger partial charge in [-0.3, -0.25) is 0 Å². The summed E-state index contributed by atoms with van der Waals surface area (Å²) in [5.74, 6) is -9.44. The molecule has 0 saturated carbocycles. The average molecular weight is 551 g/mol. The number of aliphatic hydroxyl groups is 1. The fourth-order valence-corrected chi connectivity index (χ4v) is 2.15. The first-order valence-electron chi connectivity index (χ1n) is 12.3. The maximum atomic E-state index is 9.63. The fourth-order valence-electron chi connectivity index (χ4n) is 2.15. The zero-order valence-corrected chi connectivity index (χ0v) is 24.5. The highest BCUT2D eigenvalue weighted by molar-refractivity contribution is 6.08. The predicted octanol–water partition coefficient (Wildman–Crippen LogP) is -1.48. The number of nitrogens with two attached hydrogens (primary N) is 1. The summed E-state index contributed by atoms with van der Waals surface area (Å²) in [6, 6.07) is 19.7. The van der Waals surface area contributed by atoms with Gasteiger partial charge in [-0.05, 0) is 37.4 Å². The molecule has 11 heteroatoms. The molecule has 2 aromatic rings. The van der Waals surface area contributed by atoms with Crippen LogP contribution in [0, 0.1) is 5.92 Å². The SMILES string of the molecule is CCN(CC)CCO.CN(C)c1ccccc1.C[N+](C)(C)C.Nc1ccccc1.O=C([O-])C(C(=O)[O-])C(=O)[O-]. The van der Waals surface area contributed by atoms with Crippen LogP contribution in [-0.4, -0.2) is 101 Å². The first-order chi connectivity index (χ1) is 18.0. The van der Waals surface area contributed by atoms with E-state index in [9.17, 15) is 29.7 Å². The van der Waals surface area contributed by atoms with E-state index < -0.39 is 23.8 Å². The fraction of sp³-hybridized carbons (Fsp3) is 0.464. The van der Waals surface area contributed by atoms with Gasteiger partial charge in [0, 0.05) is 32.0 Å². The molecule has 0 heterocycles. The van der Waals surface area contributed by atoms with Gasteiger partial charge in [0.25, 0.3) is 0 Å². The maximum Gasteiger partial charge on any atom is 0.0778 e. The molecule has 0 aliphatic carbocycles. The van der Waals surface area contributed by atoms with Gasteiger partial charge in [0.15, 0.2) is 0 Å². The van der Waals surface area contributed by atoms with Crippen molar-refractivity contribution in [3.63, 3.8) is 0 Å². The van der Waals surface area contributed by atoms with Crippen molar-refractivity contribution in [2.45, 2.75) is 13.8 Å². The highest BCUT2D eigenvalue weighted by Gasteiger charge is 2.11. The Kier molecular flexibility index (Phi) is 23.9. The van der Waals surface area contributed by atoms with Crippen LogP contribution >= 0.6 is 0 Å². The largest absolute Gasteiger partial charge is 0.549 e. The molecular weight excluding hydrogens is 504 g/mol. The molecule has 0 saturated heterocycles. The van der Waals surface area contributed by atoms with Crippen LogP contribution in [0.25, 0.3) is 0 Å². The summed E-state index contributed by atoms with van der Waals surface area (Å²) < 4.78 is 1.00. The van der Waals surface area contributed by atoms with Gasteiger partial charge < -0.3 is 54.8 Å². The first-order valence-corrected chi connectivity index (χ1v) is 12.3. The summed E-state index contributed by atoms with van der Waals surface area (Å²) in [7, 11) is 12.6. The monoisotopic (exact) mass is 550 g/mol. The summed E-state index contributed by atoms with van der Waals surface area (Å²) in [5, 5.41) is 37.3. The van der Waals surface area contributed by atoms with E-state index in [1.165, 1.54) is 5.69 Å². The van der Waals surface area contributed by atoms with Crippen molar-refractivity contribution in [2.75, 3.05) is 79.2 Å². The number of hydrogen-bond donors (Lipinski definition) is 2. The minimum absolute atomic E-state index is 0.279. The Morgan fingerprint density at radius 3 is 1.26 bits per heavy atom. The Morgan fingerprint density at radius 2 is 1.13 bits per heavy atom. The number of likely N-dealkylation sites (N-methyl/N-ethyl adjacent to an activating group) is 1. The van der Waals surface area contributed by atoms with Crippen molar-refractivity contribution < 1.29 is 39.3 Å². The van der Waals surface area contributed by atoms with Crippen molar-refractivity contribution >= 4 is 29.3 Å². The minimum Gasteiger partial charge on any atom is -0.549 e. The van der Waals surface area contributed by atoms with Crippen LogP contribution in [0.3, 0.4) is 0 Å². The van der Waals surface area contributed by atoms with Crippen molar-refractivity contribution in [3.8, 4) is 0 Å². The summed E-state index contributed by atoms with van der Waals surface area (Å²) in [5.41, 5.74) is 7.43. The van der Waals surface area contributed by atoms with Crippen molar-refractivity contribution in [3.05, 3.63) is 60.7 Å². The lowest BCUT2D eigenvalue weighted by Gasteiger charge is -2.18. The smallest absolute Gasteiger partial charge is 0.0778 e. The normalized spacial score (nSPS) is 9.72. The molecular formula is C28H46N4O7-2. The number of nitrogen functional groups attached to an aromatic ring is 1. The molecule has 0 aromatic heterocycles. The zero-order valence-electron chi connectivity index (χ0n) is 24.5. The molecule has 2 rings (SSSR count). The number of nitrogens with zero attached hydrogens (tertiary/aromatic N) is 3. The van der Waals surface area contributed by atoms with E-state index in [2.05, 4.69) is 64.0 Å². The van der Waals surface area contributed by atoms with Crippen LogP contribution in [0.5, 0.6) is 0 Å². The lowest BCUT2D eigenvalue weighted by atomic mass is 10.1. The molecule has 0 atom stereocenters. The third kappa shape index (κ3) is 28.7. The molecule has 0 spiro atoms. The number of aliphatic hydroxyl groups excluding tert-OH is 1. The second-order valence-corrected chi connectivity index (χ2v) is 9.46. The molecule has 0 aliphatic heterocycles. The molecule has 3 N–H and O–H groups in total. The molecule has 0 unspecified atom stereocenters. The number of quaternary nitrogens is 1. The molecule has 2 aromatic carbocycles. The molecule has 0 amide bonds. The Bertz CT molecular complexity index is 847. The van der Waals surface area contributed by atoms with Crippen LogP contribution < -0.4 is 26.0 Å². The summed E-state index contributed by atoms with van der Waals surface area (Å²) >= 11 is 0. The number of hydrogen-bond acceptors (Lipinski definition) is 10. The lowest BCUT2D eigenvalue weighted by molar-refractivity contribution is -0.849. The average Bonchev–Trinajstić information content (AvgIpc) is 2.83. The molecule has 0 aliphatic rings. The summed E-state index contributed by atoms with van der Waals surface area (Å²) in [6.45, 7) is 7.36. The van der Waals surface area contributed by atoms with Gasteiger partial charge in [-0.1, -0.05) is 50.2 Å². The number of carboxylic acid groups (broad SMARTS) is 3. The number of para-hydroxylation sites is 2. The quantitative estimate of drug-likeness (QED) is 0.224. The molecule has 11 nitrogen and oxygen atoms in total. The minimum atomic E-state index is -2.69. The number of anilines is 2. The number of carbonyl (C=O) groups is 3. The third-order valence-electron chi connectivity index (χ3n) is 4.09. The van der Waals surface area contributed by atoms with E-state index in [1.54, 1.807) is 0 Å². The zero-order chi connectivity index (χ0) is 31.0. The van der Waals surface area contributed by atoms with Crippen LogP contribution in [-0.2, 0) is 14.4 Å². The lowest BCUT2D eigenvalue weighted by Crippen LogP contribution is -2.52. The number of aliphatic carboxylic acids is 3. The van der Waals surface area contributed by atoms with Crippen LogP contribution in [0.2, 0.25) is 0 Å². The number of rotatable bonds is 8. The Hall–Kier alpha value is -3.67. The van der Waals surface area contributed by atoms with Gasteiger partial charge in [-0.25, -0.2) is 0 Å². The van der Waals surface area contributed by atoms with Crippen molar-refractivity contribution in [1.82, 2.24) is 4.90 Å². The summed E-state index contributed by atoms with van der Waals surface area (Å²) in [4.78, 5) is 33.2. The van der Waals surface area contributed by atoms with E-state index in [-0.39, 0.29) is 6.61 Å². The Labute approximate surface area is 233 Å². The summed E-state index contributed by atoms with van der Waals surface area (Å²) in [6.07, 6.45) is 0. The highest BCUT2D eigenvalue weighted by Crippen LogP contribution is 2.07. The van der Waals surface area contributed by atoms with Gasteiger partial charge >= 0.3 is 0 Å². The third-order valence-corrected chi connectivity index (χ3v) is 4.09. The number of carboxylic acids is 3. The molecule has 222 valence electrons. The predicted molar refractivity (Wildman–Crippen MR) is 149 cm³/mol. The second kappa shape index (κ2) is 23.4. The van der Waals surface area contributed by atoms with Crippen molar-refractivity contribution in [2.24, 2.45) is 5.92 Å². The van der Waals surface area contributed by atoms with Gasteiger partial charge in [0.2, 0.25) is 0 Å². The van der Waals surface area contributed by atoms with Gasteiger partial charge in [-0.2, -0.15) is 0 Å². The highest BCUT2D eigenvalue weighted by atomic mass is 16.4. The van der Waals surface area contributed by atoms with E-state index in [0.29, 0.717) is 0 Å². The Balaban J connectivity index is -0.000000422. The van der Waals surface area contributed by atoms with Crippen molar-refractivity contribution in [1.29, 1.82) is 0 Å². The molecule has 0 bridgehead atoms. The van der Waals surface area contributed by atoms with Crippen LogP contribution in [0.15, 0.2) is 60.7 Å². The van der Waals surface area contributed by atoms with E-state index in [0.717, 1.165) is 29.8 Å². The van der Waals surface area contributed by atoms with Gasteiger partial charge in [0.05, 0.1) is 58.6 Å². The molecule has 0 fully saturated rings. The first kappa shape index (κ1) is 39.8.